The van der Waals surface area contributed by atoms with Gasteiger partial charge < -0.3 is 16.2 Å². The quantitative estimate of drug-likeness (QED) is 0.728. The maximum atomic E-state index is 11.4. The zero-order valence-electron chi connectivity index (χ0n) is 11.3. The Morgan fingerprint density at radius 1 is 1.55 bits per heavy atom. The molecule has 1 unspecified atom stereocenters. The minimum atomic E-state index is -1.13. The topological polar surface area (TPSA) is 129 Å². The van der Waals surface area contributed by atoms with E-state index in [4.69, 9.17) is 5.73 Å². The number of rotatable bonds is 5. The van der Waals surface area contributed by atoms with E-state index in [9.17, 15) is 20.0 Å². The Balaban J connectivity index is 2.47. The number of carbonyl (C=O) groups excluding carboxylic acids is 1. The van der Waals surface area contributed by atoms with Crippen LogP contribution in [-0.2, 0) is 9.59 Å². The number of carboxylic acids is 1. The molecule has 1 aromatic heterocycles. The third-order valence-electron chi connectivity index (χ3n) is 2.95. The van der Waals surface area contributed by atoms with Crippen molar-refractivity contribution in [2.75, 3.05) is 5.75 Å². The molecule has 22 heavy (non-hydrogen) atoms. The molecule has 1 amide bonds. The van der Waals surface area contributed by atoms with Crippen molar-refractivity contribution in [1.29, 1.82) is 5.26 Å². The lowest BCUT2D eigenvalue weighted by atomic mass is 9.85. The van der Waals surface area contributed by atoms with E-state index >= 15 is 0 Å². The smallest absolute Gasteiger partial charge is 0.334 e. The van der Waals surface area contributed by atoms with Crippen LogP contribution in [0, 0.1) is 11.3 Å². The molecular weight excluding hydrogens is 304 g/mol. The highest BCUT2D eigenvalue weighted by Gasteiger charge is 2.32. The van der Waals surface area contributed by atoms with Crippen molar-refractivity contribution >= 4 is 23.6 Å². The molecule has 2 heterocycles. The predicted octanol–water partition coefficient (Wildman–Crippen LogP) is 0.691. The third kappa shape index (κ3) is 3.27. The molecule has 1 aliphatic rings. The minimum Gasteiger partial charge on any atom is -0.478 e. The van der Waals surface area contributed by atoms with Gasteiger partial charge in [-0.2, -0.15) is 5.26 Å². The maximum absolute atomic E-state index is 11.4. The zero-order chi connectivity index (χ0) is 16.1. The number of amides is 1. The lowest BCUT2D eigenvalue weighted by Gasteiger charge is -2.24. The molecule has 0 aliphatic carbocycles. The standard InChI is InChI=1S/C14H12N4O3S/c15-4-9-12(8-2-1-3-17-5-8)10(14(20)21)6-18-13(9)22-7-11(16)19/h1-3,5-6,12,18H,7H2,(H2,16,19)(H,20,21). The number of hydrogen-bond acceptors (Lipinski definition) is 6. The van der Waals surface area contributed by atoms with Crippen LogP contribution in [0.5, 0.6) is 0 Å². The average Bonchev–Trinajstić information content (AvgIpc) is 2.52. The number of nitrogens with two attached hydrogens (primary N) is 1. The largest absolute Gasteiger partial charge is 0.478 e. The molecule has 1 aliphatic heterocycles. The Morgan fingerprint density at radius 3 is 2.86 bits per heavy atom. The maximum Gasteiger partial charge on any atom is 0.334 e. The van der Waals surface area contributed by atoms with Crippen LogP contribution in [0.15, 0.2) is 46.9 Å². The molecular formula is C14H12N4O3S. The van der Waals surface area contributed by atoms with Gasteiger partial charge in [0.15, 0.2) is 0 Å². The lowest BCUT2D eigenvalue weighted by Crippen LogP contribution is -2.25. The van der Waals surface area contributed by atoms with Gasteiger partial charge in [-0.15, -0.1) is 0 Å². The van der Waals surface area contributed by atoms with E-state index in [2.05, 4.69) is 10.3 Å². The summed E-state index contributed by atoms with van der Waals surface area (Å²) in [6, 6.07) is 5.39. The molecule has 112 valence electrons. The number of aromatic nitrogens is 1. The Labute approximate surface area is 130 Å². The number of carbonyl (C=O) groups is 2. The predicted molar refractivity (Wildman–Crippen MR) is 80.1 cm³/mol. The van der Waals surface area contributed by atoms with Crippen LogP contribution < -0.4 is 11.1 Å². The number of allylic oxidation sites excluding steroid dienone is 1. The Morgan fingerprint density at radius 2 is 2.32 bits per heavy atom. The fourth-order valence-electron chi connectivity index (χ4n) is 2.05. The van der Waals surface area contributed by atoms with Gasteiger partial charge in [0.1, 0.15) is 0 Å². The van der Waals surface area contributed by atoms with Gasteiger partial charge in [-0.1, -0.05) is 17.8 Å². The Bertz CT molecular complexity index is 707. The van der Waals surface area contributed by atoms with E-state index in [0.29, 0.717) is 10.6 Å². The van der Waals surface area contributed by atoms with Crippen LogP contribution in [0.3, 0.4) is 0 Å². The fourth-order valence-corrected chi connectivity index (χ4v) is 2.80. The number of nitrogens with zero attached hydrogens (tertiary/aromatic N) is 2. The first-order valence-corrected chi connectivity index (χ1v) is 7.18. The second-order valence-corrected chi connectivity index (χ2v) is 5.36. The van der Waals surface area contributed by atoms with Gasteiger partial charge in [-0.3, -0.25) is 9.78 Å². The molecule has 0 bridgehead atoms. The highest BCUT2D eigenvalue weighted by Crippen LogP contribution is 2.37. The highest BCUT2D eigenvalue weighted by molar-refractivity contribution is 8.03. The summed E-state index contributed by atoms with van der Waals surface area (Å²) in [5, 5.41) is 22.0. The normalized spacial score (nSPS) is 17.2. The van der Waals surface area contributed by atoms with E-state index in [1.165, 1.54) is 12.4 Å². The molecule has 0 fully saturated rings. The van der Waals surface area contributed by atoms with Gasteiger partial charge in [-0.25, -0.2) is 4.79 Å². The van der Waals surface area contributed by atoms with Crippen molar-refractivity contribution in [3.05, 3.63) is 52.5 Å². The van der Waals surface area contributed by atoms with Crippen LogP contribution >= 0.6 is 11.8 Å². The summed E-state index contributed by atoms with van der Waals surface area (Å²) in [6.45, 7) is 0. The molecule has 7 nitrogen and oxygen atoms in total. The van der Waals surface area contributed by atoms with Gasteiger partial charge in [0.2, 0.25) is 5.91 Å². The van der Waals surface area contributed by atoms with Crippen LogP contribution in [0.1, 0.15) is 11.5 Å². The van der Waals surface area contributed by atoms with E-state index in [-0.39, 0.29) is 16.9 Å². The van der Waals surface area contributed by atoms with E-state index < -0.39 is 17.8 Å². The van der Waals surface area contributed by atoms with Gasteiger partial charge in [0.25, 0.3) is 0 Å². The summed E-state index contributed by atoms with van der Waals surface area (Å²) in [7, 11) is 0. The molecule has 0 spiro atoms. The van der Waals surface area contributed by atoms with E-state index in [0.717, 1.165) is 11.8 Å². The molecule has 0 aromatic carbocycles. The molecule has 2 rings (SSSR count). The third-order valence-corrected chi connectivity index (χ3v) is 4.00. The molecule has 8 heteroatoms. The van der Waals surface area contributed by atoms with Gasteiger partial charge in [0, 0.05) is 18.6 Å². The number of nitriles is 1. The summed E-state index contributed by atoms with van der Waals surface area (Å²) < 4.78 is 0. The van der Waals surface area contributed by atoms with Crippen molar-refractivity contribution in [2.24, 2.45) is 5.73 Å². The second-order valence-electron chi connectivity index (χ2n) is 4.38. The van der Waals surface area contributed by atoms with Crippen molar-refractivity contribution in [3.8, 4) is 6.07 Å². The second kappa shape index (κ2) is 6.78. The van der Waals surface area contributed by atoms with Crippen LogP contribution in [-0.4, -0.2) is 27.7 Å². The molecule has 4 N–H and O–H groups in total. The number of aliphatic carboxylic acids is 1. The lowest BCUT2D eigenvalue weighted by molar-refractivity contribution is -0.133. The number of nitrogens with one attached hydrogen (secondary N) is 1. The summed E-state index contributed by atoms with van der Waals surface area (Å²) in [5.74, 6) is -2.41. The van der Waals surface area contributed by atoms with Gasteiger partial charge in [-0.05, 0) is 11.6 Å². The highest BCUT2D eigenvalue weighted by atomic mass is 32.2. The van der Waals surface area contributed by atoms with Crippen LogP contribution in [0.2, 0.25) is 0 Å². The molecule has 0 saturated carbocycles. The Kier molecular flexibility index (Phi) is 4.80. The number of carboxylic acid groups (broad SMARTS) is 1. The zero-order valence-corrected chi connectivity index (χ0v) is 12.1. The fraction of sp³-hybridized carbons (Fsp3) is 0.143. The van der Waals surface area contributed by atoms with Gasteiger partial charge >= 0.3 is 5.97 Å². The number of hydrogen-bond donors (Lipinski definition) is 3. The Hall–Kier alpha value is -2.79. The molecule has 1 aromatic rings. The first-order chi connectivity index (χ1) is 10.5. The average molecular weight is 316 g/mol. The first kappa shape index (κ1) is 15.6. The minimum absolute atomic E-state index is 0.0104. The summed E-state index contributed by atoms with van der Waals surface area (Å²) in [4.78, 5) is 26.3. The summed E-state index contributed by atoms with van der Waals surface area (Å²) >= 11 is 1.06. The monoisotopic (exact) mass is 316 g/mol. The van der Waals surface area contributed by atoms with Crippen molar-refractivity contribution < 1.29 is 14.7 Å². The van der Waals surface area contributed by atoms with Crippen molar-refractivity contribution in [1.82, 2.24) is 10.3 Å². The number of pyridine rings is 1. The number of dihydropyridines is 1. The SMILES string of the molecule is N#CC1=C(SCC(N)=O)NC=C(C(=O)O)C1c1cccnc1. The van der Waals surface area contributed by atoms with E-state index in [1.54, 1.807) is 18.3 Å². The number of primary amides is 1. The molecule has 1 atom stereocenters. The first-order valence-electron chi connectivity index (χ1n) is 6.19. The van der Waals surface area contributed by atoms with Crippen molar-refractivity contribution in [3.63, 3.8) is 0 Å². The van der Waals surface area contributed by atoms with Crippen LogP contribution in [0.25, 0.3) is 0 Å². The van der Waals surface area contributed by atoms with Crippen LogP contribution in [0.4, 0.5) is 0 Å². The summed E-state index contributed by atoms with van der Waals surface area (Å²) in [6.07, 6.45) is 4.40. The van der Waals surface area contributed by atoms with Crippen molar-refractivity contribution in [2.45, 2.75) is 5.92 Å². The molecule has 0 radical (unpaired) electrons. The van der Waals surface area contributed by atoms with E-state index in [1.807, 2.05) is 6.07 Å². The van der Waals surface area contributed by atoms with Gasteiger partial charge in [0.05, 0.1) is 33.9 Å². The summed E-state index contributed by atoms with van der Waals surface area (Å²) in [5.41, 5.74) is 5.95. The number of thioether (sulfide) groups is 1. The molecule has 0 saturated heterocycles.